The zero-order valence-electron chi connectivity index (χ0n) is 15.4. The van der Waals surface area contributed by atoms with Crippen molar-refractivity contribution >= 4 is 17.8 Å². The van der Waals surface area contributed by atoms with Crippen molar-refractivity contribution < 1.29 is 14.5 Å². The molecule has 1 atom stereocenters. The Morgan fingerprint density at radius 3 is 2.36 bits per heavy atom. The molecule has 2 amide bonds. The van der Waals surface area contributed by atoms with Gasteiger partial charge in [0.15, 0.2) is 13.1 Å². The van der Waals surface area contributed by atoms with Crippen LogP contribution in [-0.4, -0.2) is 78.5 Å². The Bertz CT molecular complexity index is 558. The first-order valence-electron chi connectivity index (χ1n) is 8.92. The summed E-state index contributed by atoms with van der Waals surface area (Å²) in [7, 11) is 0. The zero-order chi connectivity index (χ0) is 18.2. The molecule has 0 aliphatic carbocycles. The van der Waals surface area contributed by atoms with Gasteiger partial charge in [-0.05, 0) is 26.8 Å². The molecule has 0 radical (unpaired) electrons. The van der Waals surface area contributed by atoms with Crippen LogP contribution in [0.5, 0.6) is 0 Å². The molecular formula is C17H29N6O2+. The monoisotopic (exact) mass is 349 g/mol. The van der Waals surface area contributed by atoms with Crippen LogP contribution in [0.4, 0.5) is 5.95 Å². The van der Waals surface area contributed by atoms with Crippen molar-refractivity contribution in [1.29, 1.82) is 0 Å². The van der Waals surface area contributed by atoms with Gasteiger partial charge >= 0.3 is 0 Å². The fourth-order valence-electron chi connectivity index (χ4n) is 2.85. The molecule has 25 heavy (non-hydrogen) atoms. The van der Waals surface area contributed by atoms with E-state index in [1.165, 1.54) is 0 Å². The summed E-state index contributed by atoms with van der Waals surface area (Å²) in [4.78, 5) is 37.9. The van der Waals surface area contributed by atoms with Gasteiger partial charge in [-0.25, -0.2) is 9.97 Å². The number of quaternary nitrogens is 1. The second-order valence-corrected chi connectivity index (χ2v) is 6.60. The molecule has 0 aromatic carbocycles. The van der Waals surface area contributed by atoms with Crippen LogP contribution in [0.25, 0.3) is 0 Å². The quantitative estimate of drug-likeness (QED) is 0.630. The van der Waals surface area contributed by atoms with Crippen molar-refractivity contribution in [2.45, 2.75) is 26.8 Å². The molecule has 1 aliphatic rings. The first-order chi connectivity index (χ1) is 12.0. The average molecular weight is 349 g/mol. The van der Waals surface area contributed by atoms with Crippen LogP contribution in [0.3, 0.4) is 0 Å². The standard InChI is InChI=1S/C17H28N6O2/c1-4-21(12-15(24)20-14(2)3)13-16(25)22-8-10-23(11-9-22)17-18-6-5-7-19-17/h5-7,14H,4,8-13H2,1-3H3,(H,20,24)/p+1. The number of hydrogen-bond acceptors (Lipinski definition) is 5. The van der Waals surface area contributed by atoms with Gasteiger partial charge in [0.2, 0.25) is 5.95 Å². The van der Waals surface area contributed by atoms with E-state index in [9.17, 15) is 9.59 Å². The Kier molecular flexibility index (Phi) is 7.12. The number of carbonyl (C=O) groups is 2. The van der Waals surface area contributed by atoms with E-state index in [4.69, 9.17) is 0 Å². The first-order valence-corrected chi connectivity index (χ1v) is 8.92. The lowest BCUT2D eigenvalue weighted by atomic mass is 10.3. The van der Waals surface area contributed by atoms with Gasteiger partial charge in [-0.15, -0.1) is 0 Å². The number of anilines is 1. The van der Waals surface area contributed by atoms with E-state index in [1.54, 1.807) is 18.5 Å². The fourth-order valence-corrected chi connectivity index (χ4v) is 2.85. The van der Waals surface area contributed by atoms with E-state index in [2.05, 4.69) is 20.2 Å². The summed E-state index contributed by atoms with van der Waals surface area (Å²) in [5.74, 6) is 0.800. The van der Waals surface area contributed by atoms with Crippen molar-refractivity contribution in [2.75, 3.05) is 50.7 Å². The molecule has 1 aromatic heterocycles. The number of likely N-dealkylation sites (N-methyl/N-ethyl adjacent to an activating group) is 1. The lowest BCUT2D eigenvalue weighted by molar-refractivity contribution is -0.882. The molecule has 1 unspecified atom stereocenters. The molecule has 8 heteroatoms. The molecule has 0 bridgehead atoms. The third kappa shape index (κ3) is 5.97. The highest BCUT2D eigenvalue weighted by Crippen LogP contribution is 2.09. The van der Waals surface area contributed by atoms with Gasteiger partial charge in [-0.1, -0.05) is 0 Å². The predicted octanol–water partition coefficient (Wildman–Crippen LogP) is -1.45. The van der Waals surface area contributed by atoms with Gasteiger partial charge in [0.1, 0.15) is 0 Å². The summed E-state index contributed by atoms with van der Waals surface area (Å²) < 4.78 is 0. The lowest BCUT2D eigenvalue weighted by Crippen LogP contribution is -3.14. The molecule has 138 valence electrons. The van der Waals surface area contributed by atoms with E-state index in [0.29, 0.717) is 32.1 Å². The smallest absolute Gasteiger partial charge is 0.277 e. The van der Waals surface area contributed by atoms with Crippen molar-refractivity contribution in [3.63, 3.8) is 0 Å². The number of nitrogens with one attached hydrogen (secondary N) is 2. The largest absolute Gasteiger partial charge is 0.349 e. The highest BCUT2D eigenvalue weighted by Gasteiger charge is 2.25. The van der Waals surface area contributed by atoms with Gasteiger partial charge in [0.05, 0.1) is 6.54 Å². The lowest BCUT2D eigenvalue weighted by Gasteiger charge is -2.35. The average Bonchev–Trinajstić information content (AvgIpc) is 2.61. The fraction of sp³-hybridized carbons (Fsp3) is 0.647. The topological polar surface area (TPSA) is 82.9 Å². The second kappa shape index (κ2) is 9.31. The van der Waals surface area contributed by atoms with E-state index in [0.717, 1.165) is 24.5 Å². The third-order valence-corrected chi connectivity index (χ3v) is 4.23. The molecular weight excluding hydrogens is 320 g/mol. The van der Waals surface area contributed by atoms with Crippen molar-refractivity contribution in [1.82, 2.24) is 20.2 Å². The Hall–Kier alpha value is -2.22. The normalized spacial score (nSPS) is 16.0. The van der Waals surface area contributed by atoms with Gasteiger partial charge in [0, 0.05) is 44.6 Å². The van der Waals surface area contributed by atoms with Crippen LogP contribution in [0, 0.1) is 0 Å². The number of hydrogen-bond donors (Lipinski definition) is 2. The van der Waals surface area contributed by atoms with Crippen molar-refractivity contribution in [3.8, 4) is 0 Å². The van der Waals surface area contributed by atoms with Crippen LogP contribution < -0.4 is 15.1 Å². The number of rotatable bonds is 7. The van der Waals surface area contributed by atoms with E-state index >= 15 is 0 Å². The van der Waals surface area contributed by atoms with Crippen LogP contribution in [0.2, 0.25) is 0 Å². The molecule has 8 nitrogen and oxygen atoms in total. The number of carbonyl (C=O) groups excluding carboxylic acids is 2. The van der Waals surface area contributed by atoms with E-state index < -0.39 is 0 Å². The summed E-state index contributed by atoms with van der Waals surface area (Å²) in [6.45, 7) is 10.1. The minimum atomic E-state index is -0.00862. The Labute approximate surface area is 149 Å². The predicted molar refractivity (Wildman–Crippen MR) is 95.3 cm³/mol. The molecule has 2 rings (SSSR count). The molecule has 2 N–H and O–H groups in total. The minimum Gasteiger partial charge on any atom is -0.349 e. The summed E-state index contributed by atoms with van der Waals surface area (Å²) in [5.41, 5.74) is 0. The Balaban J connectivity index is 1.80. The van der Waals surface area contributed by atoms with Gasteiger partial charge in [0.25, 0.3) is 11.8 Å². The zero-order valence-corrected chi connectivity index (χ0v) is 15.4. The molecule has 1 saturated heterocycles. The maximum absolute atomic E-state index is 12.5. The summed E-state index contributed by atoms with van der Waals surface area (Å²) >= 11 is 0. The molecule has 1 fully saturated rings. The van der Waals surface area contributed by atoms with E-state index in [-0.39, 0.29) is 17.9 Å². The Morgan fingerprint density at radius 2 is 1.80 bits per heavy atom. The van der Waals surface area contributed by atoms with Crippen LogP contribution in [0.1, 0.15) is 20.8 Å². The SMILES string of the molecule is CC[NH+](CC(=O)NC(C)C)CC(=O)N1CCN(c2ncccn2)CC1. The third-order valence-electron chi connectivity index (χ3n) is 4.23. The highest BCUT2D eigenvalue weighted by atomic mass is 16.2. The number of piperazine rings is 1. The van der Waals surface area contributed by atoms with Gasteiger partial charge in [-0.3, -0.25) is 9.59 Å². The highest BCUT2D eigenvalue weighted by molar-refractivity contribution is 5.79. The molecule has 0 spiro atoms. The first kappa shape index (κ1) is 19.1. The van der Waals surface area contributed by atoms with Crippen LogP contribution >= 0.6 is 0 Å². The Morgan fingerprint density at radius 1 is 1.16 bits per heavy atom. The van der Waals surface area contributed by atoms with Crippen molar-refractivity contribution in [2.24, 2.45) is 0 Å². The van der Waals surface area contributed by atoms with Crippen molar-refractivity contribution in [3.05, 3.63) is 18.5 Å². The summed E-state index contributed by atoms with van der Waals surface area (Å²) in [5, 5.41) is 2.88. The van der Waals surface area contributed by atoms with Crippen LogP contribution in [0.15, 0.2) is 18.5 Å². The molecule has 0 saturated carbocycles. The minimum absolute atomic E-state index is 0.00862. The molecule has 1 aromatic rings. The van der Waals surface area contributed by atoms with Gasteiger partial charge < -0.3 is 20.0 Å². The number of aromatic nitrogens is 2. The maximum atomic E-state index is 12.5. The molecule has 2 heterocycles. The van der Waals surface area contributed by atoms with E-state index in [1.807, 2.05) is 25.7 Å². The summed E-state index contributed by atoms with van der Waals surface area (Å²) in [6.07, 6.45) is 3.45. The van der Waals surface area contributed by atoms with Gasteiger partial charge in [-0.2, -0.15) is 0 Å². The number of amides is 2. The maximum Gasteiger partial charge on any atom is 0.277 e. The summed E-state index contributed by atoms with van der Waals surface area (Å²) in [6, 6.07) is 1.91. The second-order valence-electron chi connectivity index (χ2n) is 6.60. The van der Waals surface area contributed by atoms with Crippen LogP contribution in [-0.2, 0) is 9.59 Å². The molecule has 1 aliphatic heterocycles. The number of nitrogens with zero attached hydrogens (tertiary/aromatic N) is 4.